The van der Waals surface area contributed by atoms with Crippen LogP contribution in [-0.4, -0.2) is 43.1 Å². The van der Waals surface area contributed by atoms with Gasteiger partial charge in [-0.2, -0.15) is 0 Å². The molecule has 1 aromatic carbocycles. The van der Waals surface area contributed by atoms with Crippen molar-refractivity contribution < 1.29 is 23.9 Å². The first kappa shape index (κ1) is 18.1. The predicted molar refractivity (Wildman–Crippen MR) is 87.9 cm³/mol. The average Bonchev–Trinajstić information content (AvgIpc) is 2.74. The molecule has 2 rings (SSSR count). The third-order valence-electron chi connectivity index (χ3n) is 3.05. The molecule has 0 aliphatic carbocycles. The topological polar surface area (TPSA) is 84.9 Å². The Morgan fingerprint density at radius 3 is 2.42 bits per heavy atom. The maximum Gasteiger partial charge on any atom is 0.344 e. The number of esters is 1. The summed E-state index contributed by atoms with van der Waals surface area (Å²) in [5.74, 6) is -0.875. The van der Waals surface area contributed by atoms with E-state index in [4.69, 9.17) is 32.7 Å². The van der Waals surface area contributed by atoms with E-state index in [2.05, 4.69) is 5.32 Å². The molecule has 0 unspecified atom stereocenters. The fraction of sp³-hybridized carbons (Fsp3) is 0.267. The number of rotatable bonds is 5. The zero-order chi connectivity index (χ0) is 17.9. The molecule has 1 heterocycles. The van der Waals surface area contributed by atoms with Crippen LogP contribution >= 0.6 is 23.2 Å². The maximum atomic E-state index is 11.8. The van der Waals surface area contributed by atoms with E-state index in [-0.39, 0.29) is 34.7 Å². The van der Waals surface area contributed by atoms with E-state index in [0.29, 0.717) is 5.56 Å². The molecule has 1 aromatic rings. The van der Waals surface area contributed by atoms with Crippen molar-refractivity contribution in [2.24, 2.45) is 0 Å². The number of carbonyl (C=O) groups excluding carboxylic acids is 3. The molecule has 3 amide bonds. The second kappa shape index (κ2) is 7.55. The first-order valence-electron chi connectivity index (χ1n) is 6.91. The molecule has 1 aliphatic heterocycles. The minimum absolute atomic E-state index is 0.106. The molecular weight excluding hydrogens is 359 g/mol. The molecule has 7 nitrogen and oxygen atoms in total. The number of carbonyl (C=O) groups is 3. The Morgan fingerprint density at radius 1 is 1.29 bits per heavy atom. The van der Waals surface area contributed by atoms with E-state index in [9.17, 15) is 14.4 Å². The lowest BCUT2D eigenvalue weighted by Gasteiger charge is -2.10. The molecule has 0 spiro atoms. The van der Waals surface area contributed by atoms with Crippen molar-refractivity contribution >= 4 is 47.2 Å². The number of likely N-dealkylation sites (N-methyl/N-ethyl adjacent to an activating group) is 1. The maximum absolute atomic E-state index is 11.8. The van der Waals surface area contributed by atoms with Crippen molar-refractivity contribution in [3.8, 4) is 5.75 Å². The smallest absolute Gasteiger partial charge is 0.344 e. The lowest BCUT2D eigenvalue weighted by molar-refractivity contribution is -0.145. The Hall–Kier alpha value is -2.25. The van der Waals surface area contributed by atoms with Crippen LogP contribution < -0.4 is 10.1 Å². The SMILES string of the molecule is CCOC(=O)COc1c(Cl)cc(/C=C2/NC(=O)N(C)C2=O)cc1Cl. The van der Waals surface area contributed by atoms with Crippen molar-refractivity contribution in [2.45, 2.75) is 6.92 Å². The predicted octanol–water partition coefficient (Wildman–Crippen LogP) is 2.46. The minimum Gasteiger partial charge on any atom is -0.479 e. The van der Waals surface area contributed by atoms with Crippen molar-refractivity contribution in [1.82, 2.24) is 10.2 Å². The average molecular weight is 373 g/mol. The van der Waals surface area contributed by atoms with Gasteiger partial charge in [0.25, 0.3) is 5.91 Å². The first-order valence-corrected chi connectivity index (χ1v) is 7.67. The number of imide groups is 1. The van der Waals surface area contributed by atoms with Crippen LogP contribution in [0.2, 0.25) is 10.0 Å². The number of benzene rings is 1. The summed E-state index contributed by atoms with van der Waals surface area (Å²) >= 11 is 12.2. The van der Waals surface area contributed by atoms with Crippen molar-refractivity contribution in [1.29, 1.82) is 0 Å². The standard InChI is InChI=1S/C15H14Cl2N2O5/c1-3-23-12(20)7-24-13-9(16)4-8(5-10(13)17)6-11-14(21)19(2)15(22)18-11/h4-6H,3,7H2,1-2H3,(H,18,22)/b11-6+. The quantitative estimate of drug-likeness (QED) is 0.487. The van der Waals surface area contributed by atoms with Gasteiger partial charge in [0, 0.05) is 7.05 Å². The molecule has 1 aliphatic rings. The first-order chi connectivity index (χ1) is 11.3. The highest BCUT2D eigenvalue weighted by Crippen LogP contribution is 2.35. The summed E-state index contributed by atoms with van der Waals surface area (Å²) in [6.45, 7) is 1.60. The molecule has 128 valence electrons. The summed E-state index contributed by atoms with van der Waals surface area (Å²) in [6, 6.07) is 2.48. The van der Waals surface area contributed by atoms with Crippen molar-refractivity contribution in [3.63, 3.8) is 0 Å². The van der Waals surface area contributed by atoms with E-state index in [1.807, 2.05) is 0 Å². The Bertz CT molecular complexity index is 710. The highest BCUT2D eigenvalue weighted by Gasteiger charge is 2.30. The van der Waals surface area contributed by atoms with Gasteiger partial charge in [0.2, 0.25) is 0 Å². The zero-order valence-electron chi connectivity index (χ0n) is 12.9. The Balaban J connectivity index is 2.19. The Labute approximate surface area is 148 Å². The molecule has 24 heavy (non-hydrogen) atoms. The number of halogens is 2. The summed E-state index contributed by atoms with van der Waals surface area (Å²) in [7, 11) is 1.37. The third-order valence-corrected chi connectivity index (χ3v) is 3.61. The van der Waals surface area contributed by atoms with Crippen LogP contribution in [0, 0.1) is 0 Å². The largest absolute Gasteiger partial charge is 0.479 e. The van der Waals surface area contributed by atoms with Gasteiger partial charge < -0.3 is 14.8 Å². The molecule has 1 fully saturated rings. The number of amides is 3. The highest BCUT2D eigenvalue weighted by atomic mass is 35.5. The fourth-order valence-electron chi connectivity index (χ4n) is 1.92. The second-order valence-corrected chi connectivity index (χ2v) is 5.57. The van der Waals surface area contributed by atoms with Gasteiger partial charge in [0.05, 0.1) is 16.7 Å². The number of nitrogens with one attached hydrogen (secondary N) is 1. The van der Waals surface area contributed by atoms with Crippen LogP contribution in [0.3, 0.4) is 0 Å². The van der Waals surface area contributed by atoms with Crippen LogP contribution in [0.25, 0.3) is 6.08 Å². The Kier molecular flexibility index (Phi) is 5.69. The van der Waals surface area contributed by atoms with E-state index < -0.39 is 17.9 Å². The van der Waals surface area contributed by atoms with Crippen LogP contribution in [0.4, 0.5) is 4.79 Å². The summed E-state index contributed by atoms with van der Waals surface area (Å²) < 4.78 is 10.0. The van der Waals surface area contributed by atoms with Gasteiger partial charge >= 0.3 is 12.0 Å². The second-order valence-electron chi connectivity index (χ2n) is 4.76. The zero-order valence-corrected chi connectivity index (χ0v) is 14.4. The molecule has 1 N–H and O–H groups in total. The van der Waals surface area contributed by atoms with Gasteiger partial charge in [-0.3, -0.25) is 9.69 Å². The van der Waals surface area contributed by atoms with Gasteiger partial charge in [0.1, 0.15) is 5.70 Å². The lowest BCUT2D eigenvalue weighted by atomic mass is 10.2. The normalized spacial score (nSPS) is 15.7. The van der Waals surface area contributed by atoms with Crippen LogP contribution in [0.1, 0.15) is 12.5 Å². The molecule has 0 saturated carbocycles. The van der Waals surface area contributed by atoms with Crippen LogP contribution in [-0.2, 0) is 14.3 Å². The minimum atomic E-state index is -0.543. The molecule has 0 aromatic heterocycles. The van der Waals surface area contributed by atoms with Crippen molar-refractivity contribution in [3.05, 3.63) is 33.4 Å². The molecule has 0 radical (unpaired) electrons. The molecule has 1 saturated heterocycles. The number of urea groups is 1. The lowest BCUT2D eigenvalue weighted by Crippen LogP contribution is -2.25. The monoisotopic (exact) mass is 372 g/mol. The van der Waals surface area contributed by atoms with E-state index >= 15 is 0 Å². The Morgan fingerprint density at radius 2 is 1.92 bits per heavy atom. The van der Waals surface area contributed by atoms with Gasteiger partial charge in [-0.1, -0.05) is 23.2 Å². The van der Waals surface area contributed by atoms with Crippen LogP contribution in [0.5, 0.6) is 5.75 Å². The van der Waals surface area contributed by atoms with Crippen LogP contribution in [0.15, 0.2) is 17.8 Å². The summed E-state index contributed by atoms with van der Waals surface area (Å²) in [5, 5.41) is 2.74. The van der Waals surface area contributed by atoms with Gasteiger partial charge in [-0.05, 0) is 30.7 Å². The van der Waals surface area contributed by atoms with Gasteiger partial charge in [0.15, 0.2) is 12.4 Å². The summed E-state index contributed by atoms with van der Waals surface area (Å²) in [4.78, 5) is 35.5. The summed E-state index contributed by atoms with van der Waals surface area (Å²) in [5.41, 5.74) is 0.599. The molecule has 9 heteroatoms. The number of nitrogens with zero attached hydrogens (tertiary/aromatic N) is 1. The number of hydrogen-bond acceptors (Lipinski definition) is 5. The van der Waals surface area contributed by atoms with Crippen molar-refractivity contribution in [2.75, 3.05) is 20.3 Å². The molecular formula is C15H14Cl2N2O5. The van der Waals surface area contributed by atoms with Gasteiger partial charge in [-0.25, -0.2) is 9.59 Å². The highest BCUT2D eigenvalue weighted by molar-refractivity contribution is 6.37. The number of ether oxygens (including phenoxy) is 2. The fourth-order valence-corrected chi connectivity index (χ4v) is 2.54. The third kappa shape index (κ3) is 3.98. The number of hydrogen-bond donors (Lipinski definition) is 1. The molecule has 0 bridgehead atoms. The van der Waals surface area contributed by atoms with E-state index in [1.165, 1.54) is 25.3 Å². The van der Waals surface area contributed by atoms with Gasteiger partial charge in [-0.15, -0.1) is 0 Å². The summed E-state index contributed by atoms with van der Waals surface area (Å²) in [6.07, 6.45) is 1.44. The molecule has 0 atom stereocenters. The van der Waals surface area contributed by atoms with E-state index in [0.717, 1.165) is 4.90 Å². The van der Waals surface area contributed by atoms with E-state index in [1.54, 1.807) is 6.92 Å².